The van der Waals surface area contributed by atoms with Crippen molar-refractivity contribution in [2.45, 2.75) is 39.5 Å². The molecule has 1 unspecified atom stereocenters. The van der Waals surface area contributed by atoms with E-state index in [9.17, 15) is 14.4 Å². The van der Waals surface area contributed by atoms with Gasteiger partial charge in [-0.2, -0.15) is 5.10 Å². The van der Waals surface area contributed by atoms with Crippen LogP contribution in [0, 0.1) is 0 Å². The highest BCUT2D eigenvalue weighted by atomic mass is 16.5. The predicted octanol–water partition coefficient (Wildman–Crippen LogP) is 1.71. The maximum absolute atomic E-state index is 12.1. The normalized spacial score (nSPS) is 11.7. The van der Waals surface area contributed by atoms with Crippen molar-refractivity contribution in [3.63, 3.8) is 0 Å². The molecule has 0 bridgehead atoms. The van der Waals surface area contributed by atoms with Crippen LogP contribution in [-0.4, -0.2) is 39.8 Å². The number of rotatable bonds is 6. The molecule has 0 aliphatic rings. The molecule has 138 valence electrons. The van der Waals surface area contributed by atoms with Gasteiger partial charge in [0.2, 0.25) is 0 Å². The van der Waals surface area contributed by atoms with E-state index in [1.165, 1.54) is 6.92 Å². The Labute approximate surface area is 151 Å². The summed E-state index contributed by atoms with van der Waals surface area (Å²) in [6.07, 6.45) is 2.45. The summed E-state index contributed by atoms with van der Waals surface area (Å²) in [4.78, 5) is 35.5. The molecule has 2 rings (SSSR count). The highest BCUT2D eigenvalue weighted by Gasteiger charge is 2.21. The largest absolute Gasteiger partial charge is 0.449 e. The van der Waals surface area contributed by atoms with Gasteiger partial charge in [0, 0.05) is 18.4 Å². The molecule has 8 heteroatoms. The molecular weight excluding hydrogens is 336 g/mol. The molecule has 1 aromatic carbocycles. The molecule has 0 aliphatic heterocycles. The van der Waals surface area contributed by atoms with E-state index in [1.807, 2.05) is 12.3 Å². The van der Waals surface area contributed by atoms with Crippen molar-refractivity contribution in [1.29, 1.82) is 0 Å². The van der Waals surface area contributed by atoms with Crippen LogP contribution in [-0.2, 0) is 16.1 Å². The lowest BCUT2D eigenvalue weighted by Crippen LogP contribution is -2.46. The van der Waals surface area contributed by atoms with Crippen LogP contribution < -0.4 is 10.6 Å². The van der Waals surface area contributed by atoms with Gasteiger partial charge in [0.25, 0.3) is 5.91 Å². The Morgan fingerprint density at radius 3 is 2.42 bits per heavy atom. The average Bonchev–Trinajstić information content (AvgIpc) is 3.07. The Morgan fingerprint density at radius 2 is 1.85 bits per heavy atom. The Hall–Kier alpha value is -3.16. The highest BCUT2D eigenvalue weighted by Crippen LogP contribution is 2.09. The number of esters is 1. The molecule has 2 aromatic rings. The Balaban J connectivity index is 1.88. The average molecular weight is 358 g/mol. The molecule has 0 fully saturated rings. The van der Waals surface area contributed by atoms with Crippen LogP contribution in [0.25, 0.3) is 0 Å². The SMILES string of the molecule is CC(C)NC(=O)NC(=O)C(C)OC(=O)c1ccc(Cn2cccn2)cc1. The first-order valence-electron chi connectivity index (χ1n) is 8.24. The lowest BCUT2D eigenvalue weighted by atomic mass is 10.1. The van der Waals surface area contributed by atoms with Gasteiger partial charge in [-0.25, -0.2) is 9.59 Å². The number of hydrogen-bond donors (Lipinski definition) is 2. The second-order valence-corrected chi connectivity index (χ2v) is 6.07. The summed E-state index contributed by atoms with van der Waals surface area (Å²) in [6.45, 7) is 5.53. The summed E-state index contributed by atoms with van der Waals surface area (Å²) in [7, 11) is 0. The Bertz CT molecular complexity index is 754. The number of hydrogen-bond acceptors (Lipinski definition) is 5. The Morgan fingerprint density at radius 1 is 1.15 bits per heavy atom. The van der Waals surface area contributed by atoms with Crippen molar-refractivity contribution in [3.8, 4) is 0 Å². The molecule has 0 radical (unpaired) electrons. The zero-order chi connectivity index (χ0) is 19.1. The van der Waals surface area contributed by atoms with Crippen molar-refractivity contribution in [2.24, 2.45) is 0 Å². The van der Waals surface area contributed by atoms with E-state index in [2.05, 4.69) is 15.7 Å². The van der Waals surface area contributed by atoms with Crippen LogP contribution in [0.2, 0.25) is 0 Å². The van der Waals surface area contributed by atoms with Gasteiger partial charge in [0.05, 0.1) is 12.1 Å². The minimum absolute atomic E-state index is 0.110. The summed E-state index contributed by atoms with van der Waals surface area (Å²) in [6, 6.07) is 7.92. The molecule has 0 spiro atoms. The first-order valence-corrected chi connectivity index (χ1v) is 8.24. The number of carbonyl (C=O) groups excluding carboxylic acids is 3. The van der Waals surface area contributed by atoms with Crippen LogP contribution in [0.5, 0.6) is 0 Å². The maximum Gasteiger partial charge on any atom is 0.338 e. The monoisotopic (exact) mass is 358 g/mol. The smallest absolute Gasteiger partial charge is 0.338 e. The van der Waals surface area contributed by atoms with Gasteiger partial charge >= 0.3 is 12.0 Å². The number of nitrogens with one attached hydrogen (secondary N) is 2. The number of aromatic nitrogens is 2. The zero-order valence-corrected chi connectivity index (χ0v) is 14.9. The molecule has 1 aromatic heterocycles. The predicted molar refractivity (Wildman–Crippen MR) is 94.5 cm³/mol. The second-order valence-electron chi connectivity index (χ2n) is 6.07. The summed E-state index contributed by atoms with van der Waals surface area (Å²) in [5, 5.41) is 8.76. The molecule has 26 heavy (non-hydrogen) atoms. The van der Waals surface area contributed by atoms with E-state index in [0.717, 1.165) is 5.56 Å². The first kappa shape index (κ1) is 19.2. The van der Waals surface area contributed by atoms with Crippen LogP contribution in [0.3, 0.4) is 0 Å². The summed E-state index contributed by atoms with van der Waals surface area (Å²) in [5.74, 6) is -1.32. The third-order valence-corrected chi connectivity index (χ3v) is 3.40. The van der Waals surface area contributed by atoms with Gasteiger partial charge in [0.15, 0.2) is 6.10 Å². The number of ether oxygens (including phenoxy) is 1. The summed E-state index contributed by atoms with van der Waals surface area (Å²) < 4.78 is 6.87. The third kappa shape index (κ3) is 5.73. The molecular formula is C18H22N4O4. The number of urea groups is 1. The van der Waals surface area contributed by atoms with E-state index >= 15 is 0 Å². The van der Waals surface area contributed by atoms with Crippen LogP contribution in [0.15, 0.2) is 42.7 Å². The van der Waals surface area contributed by atoms with Gasteiger partial charge in [-0.15, -0.1) is 0 Å². The molecule has 3 amide bonds. The highest BCUT2D eigenvalue weighted by molar-refractivity contribution is 5.98. The minimum Gasteiger partial charge on any atom is -0.449 e. The van der Waals surface area contributed by atoms with Gasteiger partial charge in [-0.05, 0) is 44.5 Å². The molecule has 0 saturated carbocycles. The van der Waals surface area contributed by atoms with E-state index in [-0.39, 0.29) is 6.04 Å². The number of imide groups is 1. The van der Waals surface area contributed by atoms with Crippen molar-refractivity contribution in [1.82, 2.24) is 20.4 Å². The molecule has 2 N–H and O–H groups in total. The topological polar surface area (TPSA) is 102 Å². The quantitative estimate of drug-likeness (QED) is 0.766. The van der Waals surface area contributed by atoms with Gasteiger partial charge in [0.1, 0.15) is 0 Å². The number of amides is 3. The van der Waals surface area contributed by atoms with Crippen LogP contribution in [0.1, 0.15) is 36.7 Å². The van der Waals surface area contributed by atoms with Crippen LogP contribution in [0.4, 0.5) is 4.79 Å². The molecule has 1 atom stereocenters. The van der Waals surface area contributed by atoms with Crippen molar-refractivity contribution >= 4 is 17.9 Å². The van der Waals surface area contributed by atoms with E-state index in [0.29, 0.717) is 12.1 Å². The van der Waals surface area contributed by atoms with Gasteiger partial charge < -0.3 is 10.1 Å². The maximum atomic E-state index is 12.1. The third-order valence-electron chi connectivity index (χ3n) is 3.40. The van der Waals surface area contributed by atoms with Crippen molar-refractivity contribution in [3.05, 3.63) is 53.9 Å². The zero-order valence-electron chi connectivity index (χ0n) is 14.9. The van der Waals surface area contributed by atoms with Gasteiger partial charge in [-0.1, -0.05) is 12.1 Å². The molecule has 1 heterocycles. The van der Waals surface area contributed by atoms with Crippen LogP contribution >= 0.6 is 0 Å². The second kappa shape index (κ2) is 8.80. The molecule has 0 saturated heterocycles. The summed E-state index contributed by atoms with van der Waals surface area (Å²) >= 11 is 0. The molecule has 0 aliphatic carbocycles. The van der Waals surface area contributed by atoms with Gasteiger partial charge in [-0.3, -0.25) is 14.8 Å². The Kier molecular flexibility index (Phi) is 6.48. The fourth-order valence-corrected chi connectivity index (χ4v) is 2.12. The molecule has 8 nitrogen and oxygen atoms in total. The fraction of sp³-hybridized carbons (Fsp3) is 0.333. The van der Waals surface area contributed by atoms with E-state index in [4.69, 9.17) is 4.74 Å². The number of benzene rings is 1. The number of nitrogens with zero attached hydrogens (tertiary/aromatic N) is 2. The lowest BCUT2D eigenvalue weighted by molar-refractivity contribution is -0.127. The standard InChI is InChI=1S/C18H22N4O4/c1-12(2)20-18(25)21-16(23)13(3)26-17(24)15-7-5-14(6-8-15)11-22-10-4-9-19-22/h4-10,12-13H,11H2,1-3H3,(H2,20,21,23,25). The summed E-state index contributed by atoms with van der Waals surface area (Å²) in [5.41, 5.74) is 1.29. The minimum atomic E-state index is -1.09. The van der Waals surface area contributed by atoms with E-state index < -0.39 is 24.0 Å². The fourth-order valence-electron chi connectivity index (χ4n) is 2.12. The first-order chi connectivity index (χ1) is 12.3. The van der Waals surface area contributed by atoms with Crippen molar-refractivity contribution < 1.29 is 19.1 Å². The van der Waals surface area contributed by atoms with E-state index in [1.54, 1.807) is 49.0 Å². The lowest BCUT2D eigenvalue weighted by Gasteiger charge is -2.14. The number of carbonyl (C=O) groups is 3. The van der Waals surface area contributed by atoms with Crippen molar-refractivity contribution in [2.75, 3.05) is 0 Å².